The van der Waals surface area contributed by atoms with Crippen molar-refractivity contribution in [2.45, 2.75) is 0 Å². The van der Waals surface area contributed by atoms with Gasteiger partial charge in [0, 0.05) is 0 Å². The summed E-state index contributed by atoms with van der Waals surface area (Å²) in [5.74, 6) is -1.03. The van der Waals surface area contributed by atoms with E-state index in [4.69, 9.17) is 4.74 Å². The SMILES string of the molecule is O=C(COc1ccccc1F)c1ccccc1O. The molecule has 0 aliphatic rings. The Morgan fingerprint density at radius 2 is 1.78 bits per heavy atom. The van der Waals surface area contributed by atoms with E-state index in [1.165, 1.54) is 30.3 Å². The number of carbonyl (C=O) groups excluding carboxylic acids is 1. The fraction of sp³-hybridized carbons (Fsp3) is 0.0714. The lowest BCUT2D eigenvalue weighted by Gasteiger charge is -2.07. The molecule has 2 aromatic carbocycles. The maximum Gasteiger partial charge on any atom is 0.203 e. The van der Waals surface area contributed by atoms with Gasteiger partial charge in [0.1, 0.15) is 5.75 Å². The minimum Gasteiger partial charge on any atom is -0.507 e. The number of benzene rings is 2. The highest BCUT2D eigenvalue weighted by Crippen LogP contribution is 2.18. The summed E-state index contributed by atoms with van der Waals surface area (Å²) < 4.78 is 18.3. The van der Waals surface area contributed by atoms with Crippen LogP contribution in [0.3, 0.4) is 0 Å². The van der Waals surface area contributed by atoms with Crippen LogP contribution >= 0.6 is 0 Å². The molecule has 2 rings (SSSR count). The molecular weight excluding hydrogens is 235 g/mol. The van der Waals surface area contributed by atoms with Crippen molar-refractivity contribution in [2.24, 2.45) is 0 Å². The summed E-state index contributed by atoms with van der Waals surface area (Å²) in [5, 5.41) is 9.48. The topological polar surface area (TPSA) is 46.5 Å². The number of aromatic hydroxyl groups is 1. The molecule has 0 heterocycles. The summed E-state index contributed by atoms with van der Waals surface area (Å²) in [5.41, 5.74) is 0.161. The Bertz CT molecular complexity index is 566. The number of halogens is 1. The fourth-order valence-corrected chi connectivity index (χ4v) is 1.49. The summed E-state index contributed by atoms with van der Waals surface area (Å²) >= 11 is 0. The summed E-state index contributed by atoms with van der Waals surface area (Å²) in [6.07, 6.45) is 0. The molecule has 4 heteroatoms. The predicted octanol–water partition coefficient (Wildman–Crippen LogP) is 2.79. The van der Waals surface area contributed by atoms with Crippen molar-refractivity contribution >= 4 is 5.78 Å². The molecule has 0 aliphatic carbocycles. The Balaban J connectivity index is 2.06. The lowest BCUT2D eigenvalue weighted by atomic mass is 10.1. The summed E-state index contributed by atoms with van der Waals surface area (Å²) in [6, 6.07) is 12.0. The second-order valence-electron chi connectivity index (χ2n) is 3.66. The van der Waals surface area contributed by atoms with Crippen LogP contribution in [0.4, 0.5) is 4.39 Å². The summed E-state index contributed by atoms with van der Waals surface area (Å²) in [4.78, 5) is 11.7. The molecule has 1 N–H and O–H groups in total. The van der Waals surface area contributed by atoms with Gasteiger partial charge in [-0.25, -0.2) is 4.39 Å². The van der Waals surface area contributed by atoms with Crippen LogP contribution in [-0.4, -0.2) is 17.5 Å². The zero-order valence-electron chi connectivity index (χ0n) is 9.47. The normalized spacial score (nSPS) is 10.1. The lowest BCUT2D eigenvalue weighted by Crippen LogP contribution is -2.12. The number of para-hydroxylation sites is 2. The van der Waals surface area contributed by atoms with Crippen LogP contribution < -0.4 is 4.74 Å². The van der Waals surface area contributed by atoms with Crippen molar-refractivity contribution in [3.63, 3.8) is 0 Å². The average Bonchev–Trinajstić information content (AvgIpc) is 2.38. The van der Waals surface area contributed by atoms with E-state index in [0.717, 1.165) is 0 Å². The van der Waals surface area contributed by atoms with Gasteiger partial charge in [-0.05, 0) is 24.3 Å². The molecule has 18 heavy (non-hydrogen) atoms. The van der Waals surface area contributed by atoms with Crippen LogP contribution in [-0.2, 0) is 0 Å². The number of phenolic OH excluding ortho intramolecular Hbond substituents is 1. The molecule has 0 aromatic heterocycles. The van der Waals surface area contributed by atoms with Crippen molar-refractivity contribution in [3.05, 3.63) is 59.9 Å². The smallest absolute Gasteiger partial charge is 0.203 e. The predicted molar refractivity (Wildman–Crippen MR) is 64.3 cm³/mol. The van der Waals surface area contributed by atoms with Crippen LogP contribution in [0.15, 0.2) is 48.5 Å². The molecule has 0 atom stereocenters. The van der Waals surface area contributed by atoms with Gasteiger partial charge in [-0.2, -0.15) is 0 Å². The molecule has 0 fully saturated rings. The molecule has 0 saturated carbocycles. The van der Waals surface area contributed by atoms with Gasteiger partial charge >= 0.3 is 0 Å². The molecule has 0 aliphatic heterocycles. The molecule has 0 unspecified atom stereocenters. The number of hydrogen-bond acceptors (Lipinski definition) is 3. The quantitative estimate of drug-likeness (QED) is 0.844. The number of ketones is 1. The second-order valence-corrected chi connectivity index (χ2v) is 3.66. The van der Waals surface area contributed by atoms with Gasteiger partial charge in [-0.15, -0.1) is 0 Å². The van der Waals surface area contributed by atoms with Gasteiger partial charge in [0.05, 0.1) is 5.56 Å². The fourth-order valence-electron chi connectivity index (χ4n) is 1.49. The van der Waals surface area contributed by atoms with Crippen molar-refractivity contribution in [1.29, 1.82) is 0 Å². The molecule has 92 valence electrons. The van der Waals surface area contributed by atoms with Crippen molar-refractivity contribution in [1.82, 2.24) is 0 Å². The maximum atomic E-state index is 13.2. The van der Waals surface area contributed by atoms with Gasteiger partial charge < -0.3 is 9.84 Å². The van der Waals surface area contributed by atoms with E-state index in [0.29, 0.717) is 0 Å². The molecule has 0 radical (unpaired) electrons. The highest BCUT2D eigenvalue weighted by Gasteiger charge is 2.12. The largest absolute Gasteiger partial charge is 0.507 e. The van der Waals surface area contributed by atoms with Crippen LogP contribution in [0, 0.1) is 5.82 Å². The first kappa shape index (κ1) is 12.1. The van der Waals surface area contributed by atoms with Crippen LogP contribution in [0.1, 0.15) is 10.4 Å². The Hall–Kier alpha value is -2.36. The van der Waals surface area contributed by atoms with Gasteiger partial charge in [-0.1, -0.05) is 24.3 Å². The average molecular weight is 246 g/mol. The van der Waals surface area contributed by atoms with Gasteiger partial charge in [0.2, 0.25) is 5.78 Å². The Labute approximate surface area is 103 Å². The molecule has 2 aromatic rings. The summed E-state index contributed by atoms with van der Waals surface area (Å²) in [6.45, 7) is -0.321. The third-order valence-corrected chi connectivity index (χ3v) is 2.40. The first-order chi connectivity index (χ1) is 8.68. The minimum absolute atomic E-state index is 0.0151. The second kappa shape index (κ2) is 5.31. The van der Waals surface area contributed by atoms with Crippen molar-refractivity contribution < 1.29 is 19.0 Å². The van der Waals surface area contributed by atoms with Crippen molar-refractivity contribution in [3.8, 4) is 11.5 Å². The maximum absolute atomic E-state index is 13.2. The zero-order chi connectivity index (χ0) is 13.0. The Kier molecular flexibility index (Phi) is 3.57. The van der Waals surface area contributed by atoms with Gasteiger partial charge in [0.25, 0.3) is 0 Å². The minimum atomic E-state index is -0.525. The van der Waals surface area contributed by atoms with E-state index in [1.54, 1.807) is 18.2 Å². The van der Waals surface area contributed by atoms with E-state index in [2.05, 4.69) is 0 Å². The van der Waals surface area contributed by atoms with E-state index in [9.17, 15) is 14.3 Å². The highest BCUT2D eigenvalue weighted by atomic mass is 19.1. The van der Waals surface area contributed by atoms with E-state index in [-0.39, 0.29) is 23.7 Å². The Morgan fingerprint density at radius 3 is 2.50 bits per heavy atom. The molecule has 0 amide bonds. The van der Waals surface area contributed by atoms with Crippen molar-refractivity contribution in [2.75, 3.05) is 6.61 Å². The molecule has 3 nitrogen and oxygen atoms in total. The number of phenols is 1. The first-order valence-corrected chi connectivity index (χ1v) is 5.37. The first-order valence-electron chi connectivity index (χ1n) is 5.37. The number of carbonyl (C=O) groups is 1. The lowest BCUT2D eigenvalue weighted by molar-refractivity contribution is 0.0916. The number of hydrogen-bond donors (Lipinski definition) is 1. The van der Waals surface area contributed by atoms with Gasteiger partial charge in [-0.3, -0.25) is 4.79 Å². The number of rotatable bonds is 4. The third kappa shape index (κ3) is 2.66. The zero-order valence-corrected chi connectivity index (χ0v) is 9.47. The monoisotopic (exact) mass is 246 g/mol. The standard InChI is InChI=1S/C14H11FO3/c15-11-6-2-4-8-14(11)18-9-13(17)10-5-1-3-7-12(10)16/h1-8,16H,9H2. The number of Topliss-reactive ketones (excluding diaryl/α,β-unsaturated/α-hetero) is 1. The third-order valence-electron chi connectivity index (χ3n) is 2.40. The molecule has 0 bridgehead atoms. The molecule has 0 saturated heterocycles. The van der Waals surface area contributed by atoms with E-state index < -0.39 is 11.6 Å². The number of ether oxygens (including phenoxy) is 1. The Morgan fingerprint density at radius 1 is 1.11 bits per heavy atom. The molecule has 0 spiro atoms. The summed E-state index contributed by atoms with van der Waals surface area (Å²) in [7, 11) is 0. The molecular formula is C14H11FO3. The van der Waals surface area contributed by atoms with E-state index >= 15 is 0 Å². The van der Waals surface area contributed by atoms with E-state index in [1.807, 2.05) is 0 Å². The highest BCUT2D eigenvalue weighted by molar-refractivity contribution is 5.99. The van der Waals surface area contributed by atoms with Gasteiger partial charge in [0.15, 0.2) is 18.2 Å². The van der Waals surface area contributed by atoms with Crippen LogP contribution in [0.25, 0.3) is 0 Å². The van der Waals surface area contributed by atoms with Crippen LogP contribution in [0.2, 0.25) is 0 Å². The van der Waals surface area contributed by atoms with Crippen LogP contribution in [0.5, 0.6) is 11.5 Å².